The van der Waals surface area contributed by atoms with Crippen molar-refractivity contribution in [1.82, 2.24) is 14.8 Å². The fourth-order valence-electron chi connectivity index (χ4n) is 3.94. The van der Waals surface area contributed by atoms with Gasteiger partial charge in [-0.15, -0.1) is 0 Å². The molecule has 1 N–H and O–H groups in total. The second-order valence-electron chi connectivity index (χ2n) is 7.38. The second kappa shape index (κ2) is 8.02. The van der Waals surface area contributed by atoms with Gasteiger partial charge in [0, 0.05) is 42.8 Å². The highest BCUT2D eigenvalue weighted by molar-refractivity contribution is 6.45. The van der Waals surface area contributed by atoms with Crippen LogP contribution in [0.2, 0.25) is 0 Å². The predicted molar refractivity (Wildman–Crippen MR) is 113 cm³/mol. The molecule has 2 heterocycles. The summed E-state index contributed by atoms with van der Waals surface area (Å²) in [6, 6.07) is 14.2. The van der Waals surface area contributed by atoms with Crippen molar-refractivity contribution < 1.29 is 19.1 Å². The van der Waals surface area contributed by atoms with Gasteiger partial charge in [0.05, 0.1) is 18.2 Å². The third-order valence-corrected chi connectivity index (χ3v) is 5.53. The largest absolute Gasteiger partial charge is 0.495 e. The summed E-state index contributed by atoms with van der Waals surface area (Å²) in [6.07, 6.45) is 1.55. The van der Waals surface area contributed by atoms with Gasteiger partial charge in [0.2, 0.25) is 0 Å². The molecule has 154 valence electrons. The van der Waals surface area contributed by atoms with Crippen LogP contribution in [0.5, 0.6) is 5.75 Å². The Balaban J connectivity index is 1.49. The van der Waals surface area contributed by atoms with Crippen molar-refractivity contribution in [2.24, 2.45) is 0 Å². The minimum absolute atomic E-state index is 0.0652. The third-order valence-electron chi connectivity index (χ3n) is 5.53. The molecule has 4 rings (SSSR count). The number of ketones is 1. The van der Waals surface area contributed by atoms with Crippen LogP contribution < -0.4 is 4.74 Å². The minimum Gasteiger partial charge on any atom is -0.495 e. The van der Waals surface area contributed by atoms with E-state index in [2.05, 4.69) is 4.98 Å². The van der Waals surface area contributed by atoms with Crippen LogP contribution in [0, 0.1) is 0 Å². The van der Waals surface area contributed by atoms with Crippen molar-refractivity contribution in [3.05, 3.63) is 65.9 Å². The van der Waals surface area contributed by atoms with Crippen molar-refractivity contribution in [3.63, 3.8) is 0 Å². The van der Waals surface area contributed by atoms with E-state index in [9.17, 15) is 14.4 Å². The number of aromatic amines is 1. The van der Waals surface area contributed by atoms with Gasteiger partial charge in [0.1, 0.15) is 5.75 Å². The summed E-state index contributed by atoms with van der Waals surface area (Å²) < 4.78 is 5.31. The van der Waals surface area contributed by atoms with Crippen LogP contribution in [0.25, 0.3) is 10.9 Å². The third kappa shape index (κ3) is 3.43. The summed E-state index contributed by atoms with van der Waals surface area (Å²) in [5, 5.41) is 0.651. The molecule has 1 aromatic heterocycles. The lowest BCUT2D eigenvalue weighted by Gasteiger charge is -2.39. The molecule has 0 unspecified atom stereocenters. The molecule has 0 radical (unpaired) electrons. The van der Waals surface area contributed by atoms with Gasteiger partial charge in [-0.3, -0.25) is 14.4 Å². The van der Waals surface area contributed by atoms with Crippen molar-refractivity contribution in [2.45, 2.75) is 13.0 Å². The molecule has 1 aliphatic rings. The zero-order chi connectivity index (χ0) is 21.3. The van der Waals surface area contributed by atoms with Gasteiger partial charge in [0.25, 0.3) is 17.6 Å². The number of fused-ring (bicyclic) bond motifs is 1. The molecule has 0 saturated carbocycles. The number of rotatable bonds is 4. The molecule has 3 aromatic rings. The number of Topliss-reactive ketones (excluding diaryl/α,β-unsaturated/α-hetero) is 1. The second-order valence-corrected chi connectivity index (χ2v) is 7.38. The summed E-state index contributed by atoms with van der Waals surface area (Å²) >= 11 is 0. The Hall–Kier alpha value is -3.61. The van der Waals surface area contributed by atoms with Gasteiger partial charge in [0.15, 0.2) is 0 Å². The van der Waals surface area contributed by atoms with Gasteiger partial charge in [-0.25, -0.2) is 0 Å². The van der Waals surface area contributed by atoms with Crippen molar-refractivity contribution in [1.29, 1.82) is 0 Å². The number of ether oxygens (including phenoxy) is 1. The smallest absolute Gasteiger partial charge is 0.295 e. The quantitative estimate of drug-likeness (QED) is 0.534. The molecule has 7 nitrogen and oxygen atoms in total. The first-order valence-corrected chi connectivity index (χ1v) is 9.85. The van der Waals surface area contributed by atoms with E-state index in [0.29, 0.717) is 47.4 Å². The van der Waals surface area contributed by atoms with E-state index in [4.69, 9.17) is 4.74 Å². The average molecular weight is 405 g/mol. The Morgan fingerprint density at radius 3 is 2.50 bits per heavy atom. The Morgan fingerprint density at radius 1 is 1.03 bits per heavy atom. The molecule has 1 aliphatic heterocycles. The lowest BCUT2D eigenvalue weighted by molar-refractivity contribution is -0.130. The normalized spacial score (nSPS) is 16.5. The van der Waals surface area contributed by atoms with Gasteiger partial charge >= 0.3 is 0 Å². The van der Waals surface area contributed by atoms with Crippen molar-refractivity contribution in [2.75, 3.05) is 26.7 Å². The number of nitrogens with zero attached hydrogens (tertiary/aromatic N) is 2. The fourth-order valence-corrected chi connectivity index (χ4v) is 3.94. The van der Waals surface area contributed by atoms with Crippen LogP contribution in [0.1, 0.15) is 27.6 Å². The maximum atomic E-state index is 13.0. The Labute approximate surface area is 174 Å². The number of amides is 2. The van der Waals surface area contributed by atoms with E-state index in [-0.39, 0.29) is 11.9 Å². The number of piperazine rings is 1. The number of benzene rings is 2. The molecular weight excluding hydrogens is 382 g/mol. The fraction of sp³-hybridized carbons (Fsp3) is 0.261. The number of carbonyl (C=O) groups is 3. The monoisotopic (exact) mass is 405 g/mol. The Kier molecular flexibility index (Phi) is 5.27. The highest BCUT2D eigenvalue weighted by atomic mass is 16.5. The van der Waals surface area contributed by atoms with Gasteiger partial charge in [-0.05, 0) is 25.1 Å². The molecule has 1 fully saturated rings. The number of nitrogens with one attached hydrogen (secondary N) is 1. The van der Waals surface area contributed by atoms with Crippen LogP contribution in [0.15, 0.2) is 54.7 Å². The molecule has 30 heavy (non-hydrogen) atoms. The zero-order valence-electron chi connectivity index (χ0n) is 16.9. The number of para-hydroxylation sites is 1. The molecule has 2 amide bonds. The average Bonchev–Trinajstić information content (AvgIpc) is 3.22. The molecule has 0 aliphatic carbocycles. The number of hydrogen-bond acceptors (Lipinski definition) is 4. The van der Waals surface area contributed by atoms with E-state index in [1.165, 1.54) is 0 Å². The van der Waals surface area contributed by atoms with Crippen LogP contribution in [0.3, 0.4) is 0 Å². The van der Waals surface area contributed by atoms with E-state index >= 15 is 0 Å². The Bertz CT molecular complexity index is 1110. The highest BCUT2D eigenvalue weighted by Crippen LogP contribution is 2.28. The molecular formula is C23H23N3O4. The molecule has 0 spiro atoms. The zero-order valence-corrected chi connectivity index (χ0v) is 16.9. The number of hydrogen-bond donors (Lipinski definition) is 1. The van der Waals surface area contributed by atoms with E-state index in [1.54, 1.807) is 53.4 Å². The van der Waals surface area contributed by atoms with Crippen molar-refractivity contribution >= 4 is 28.5 Å². The highest BCUT2D eigenvalue weighted by Gasteiger charge is 2.34. The maximum Gasteiger partial charge on any atom is 0.295 e. The number of aromatic nitrogens is 1. The van der Waals surface area contributed by atoms with Crippen LogP contribution in [0.4, 0.5) is 0 Å². The molecule has 0 bridgehead atoms. The number of carbonyl (C=O) groups excluding carboxylic acids is 3. The summed E-state index contributed by atoms with van der Waals surface area (Å²) in [5.74, 6) is -0.577. The van der Waals surface area contributed by atoms with Crippen molar-refractivity contribution in [3.8, 4) is 5.75 Å². The first-order valence-electron chi connectivity index (χ1n) is 9.85. The van der Waals surface area contributed by atoms with Crippen LogP contribution in [-0.4, -0.2) is 65.2 Å². The summed E-state index contributed by atoms with van der Waals surface area (Å²) in [7, 11) is 1.56. The molecule has 2 aromatic carbocycles. The van der Waals surface area contributed by atoms with E-state index in [0.717, 1.165) is 0 Å². The molecule has 1 atom stereocenters. The lowest BCUT2D eigenvalue weighted by atomic mass is 10.1. The molecule has 7 heteroatoms. The Morgan fingerprint density at radius 2 is 1.80 bits per heavy atom. The first-order chi connectivity index (χ1) is 14.5. The van der Waals surface area contributed by atoms with Crippen LogP contribution >= 0.6 is 0 Å². The van der Waals surface area contributed by atoms with Gasteiger partial charge in [-0.1, -0.05) is 30.3 Å². The van der Waals surface area contributed by atoms with Gasteiger partial charge in [-0.2, -0.15) is 0 Å². The summed E-state index contributed by atoms with van der Waals surface area (Å²) in [6.45, 7) is 2.94. The minimum atomic E-state index is -0.566. The lowest BCUT2D eigenvalue weighted by Crippen LogP contribution is -2.56. The SMILES string of the molecule is COc1cccc2c(C(=O)C(=O)N3CCN(C(=O)c4ccccc4)C[C@H]3C)c[nH]c12. The van der Waals surface area contributed by atoms with Crippen LogP contribution in [-0.2, 0) is 4.79 Å². The number of methoxy groups -OCH3 is 1. The summed E-state index contributed by atoms with van der Waals surface area (Å²) in [5.41, 5.74) is 1.62. The topological polar surface area (TPSA) is 82.7 Å². The van der Waals surface area contributed by atoms with E-state index < -0.39 is 11.7 Å². The molecule has 1 saturated heterocycles. The summed E-state index contributed by atoms with van der Waals surface area (Å²) in [4.78, 5) is 44.9. The number of H-pyrrole nitrogens is 1. The maximum absolute atomic E-state index is 13.0. The van der Waals surface area contributed by atoms with E-state index in [1.807, 2.05) is 25.1 Å². The first kappa shape index (κ1) is 19.7. The predicted octanol–water partition coefficient (Wildman–Crippen LogP) is 2.73. The standard InChI is InChI=1S/C23H23N3O4/c1-15-14-25(22(28)16-7-4-3-5-8-16)11-12-26(15)23(29)21(27)18-13-24-20-17(18)9-6-10-19(20)30-2/h3-10,13,15,24H,11-12,14H2,1-2H3/t15-/m1/s1. The van der Waals surface area contributed by atoms with Gasteiger partial charge < -0.3 is 19.5 Å².